The lowest BCUT2D eigenvalue weighted by molar-refractivity contribution is 0.101. The number of carbonyl (C=O) groups is 1. The summed E-state index contributed by atoms with van der Waals surface area (Å²) in [7, 11) is -3.73. The smallest absolute Gasteiger partial charge is 0.275 e. The SMILES string of the molecule is CCc1ccc(-c2nc3cc(NC(=O)c4nc(C#N)ccc4S(C)(=O)=O)ccc3o2)cn1. The Morgan fingerprint density at radius 1 is 1.16 bits per heavy atom. The Morgan fingerprint density at radius 3 is 2.62 bits per heavy atom. The lowest BCUT2D eigenvalue weighted by Gasteiger charge is -2.08. The standard InChI is InChI=1S/C22H17N5O4S/c1-3-14-5-4-13(12-24-14)22-27-17-10-15(6-8-18(17)31-22)26-21(28)20-19(32(2,29)30)9-7-16(11-23)25-20/h4-10,12H,3H2,1-2H3,(H,26,28). The fraction of sp³-hybridized carbons (Fsp3) is 0.136. The van der Waals surface area contributed by atoms with Gasteiger partial charge in [-0.3, -0.25) is 9.78 Å². The molecule has 3 aromatic heterocycles. The topological polar surface area (TPSA) is 139 Å². The average Bonchev–Trinajstić information content (AvgIpc) is 3.21. The van der Waals surface area contributed by atoms with Gasteiger partial charge >= 0.3 is 0 Å². The molecule has 0 fully saturated rings. The number of nitrogens with zero attached hydrogens (tertiary/aromatic N) is 4. The van der Waals surface area contributed by atoms with Crippen molar-refractivity contribution < 1.29 is 17.6 Å². The first-order chi connectivity index (χ1) is 15.3. The minimum atomic E-state index is -3.73. The van der Waals surface area contributed by atoms with Crippen molar-refractivity contribution in [2.24, 2.45) is 0 Å². The number of aromatic nitrogens is 3. The van der Waals surface area contributed by atoms with Gasteiger partial charge in [0, 0.05) is 23.8 Å². The van der Waals surface area contributed by atoms with Crippen LogP contribution in [0.15, 0.2) is 58.0 Å². The van der Waals surface area contributed by atoms with Crippen molar-refractivity contribution >= 4 is 32.5 Å². The van der Waals surface area contributed by atoms with E-state index in [9.17, 15) is 13.2 Å². The van der Waals surface area contributed by atoms with Crippen molar-refractivity contribution in [3.63, 3.8) is 0 Å². The molecule has 0 aliphatic carbocycles. The summed E-state index contributed by atoms with van der Waals surface area (Å²) in [6.07, 6.45) is 3.48. The molecule has 0 radical (unpaired) electrons. The van der Waals surface area contributed by atoms with E-state index in [1.807, 2.05) is 19.1 Å². The molecule has 1 N–H and O–H groups in total. The van der Waals surface area contributed by atoms with Crippen molar-refractivity contribution in [1.29, 1.82) is 5.26 Å². The summed E-state index contributed by atoms with van der Waals surface area (Å²) in [6.45, 7) is 2.02. The zero-order valence-electron chi connectivity index (χ0n) is 17.2. The van der Waals surface area contributed by atoms with Crippen LogP contribution in [-0.4, -0.2) is 35.5 Å². The van der Waals surface area contributed by atoms with Gasteiger partial charge in [-0.05, 0) is 48.9 Å². The lowest BCUT2D eigenvalue weighted by Crippen LogP contribution is -2.18. The third-order valence-electron chi connectivity index (χ3n) is 4.67. The number of carbonyl (C=O) groups excluding carboxylic acids is 1. The summed E-state index contributed by atoms with van der Waals surface area (Å²) < 4.78 is 29.8. The molecule has 32 heavy (non-hydrogen) atoms. The molecular weight excluding hydrogens is 430 g/mol. The molecule has 4 rings (SSSR count). The predicted octanol–water partition coefficient (Wildman–Crippen LogP) is 3.37. The van der Waals surface area contributed by atoms with Gasteiger partial charge in [0.15, 0.2) is 15.4 Å². The minimum Gasteiger partial charge on any atom is -0.436 e. The van der Waals surface area contributed by atoms with Crippen molar-refractivity contribution in [1.82, 2.24) is 15.0 Å². The van der Waals surface area contributed by atoms with Crippen molar-refractivity contribution in [2.45, 2.75) is 18.2 Å². The Morgan fingerprint density at radius 2 is 1.97 bits per heavy atom. The molecule has 160 valence electrons. The average molecular weight is 447 g/mol. The summed E-state index contributed by atoms with van der Waals surface area (Å²) >= 11 is 0. The number of anilines is 1. The fourth-order valence-electron chi connectivity index (χ4n) is 3.05. The van der Waals surface area contributed by atoms with Gasteiger partial charge in [-0.15, -0.1) is 0 Å². The normalized spacial score (nSPS) is 11.3. The van der Waals surface area contributed by atoms with Crippen LogP contribution in [0.1, 0.15) is 28.8 Å². The van der Waals surface area contributed by atoms with Crippen LogP contribution in [0.5, 0.6) is 0 Å². The van der Waals surface area contributed by atoms with Crippen LogP contribution < -0.4 is 5.32 Å². The van der Waals surface area contributed by atoms with Crippen molar-refractivity contribution in [3.8, 4) is 17.5 Å². The molecule has 4 aromatic rings. The molecule has 0 aliphatic heterocycles. The second kappa shape index (κ2) is 8.20. The third kappa shape index (κ3) is 4.19. The Hall–Kier alpha value is -4.10. The Balaban J connectivity index is 1.65. The Labute approximate surface area is 183 Å². The maximum Gasteiger partial charge on any atom is 0.275 e. The molecule has 3 heterocycles. The molecule has 0 saturated carbocycles. The van der Waals surface area contributed by atoms with E-state index in [-0.39, 0.29) is 16.3 Å². The largest absolute Gasteiger partial charge is 0.436 e. The number of sulfone groups is 1. The molecule has 0 atom stereocenters. The molecule has 0 aliphatic rings. The molecule has 9 nitrogen and oxygen atoms in total. The van der Waals surface area contributed by atoms with Crippen LogP contribution in [0.4, 0.5) is 5.69 Å². The maximum atomic E-state index is 12.8. The number of fused-ring (bicyclic) bond motifs is 1. The van der Waals surface area contributed by atoms with Gasteiger partial charge in [-0.1, -0.05) is 6.92 Å². The summed E-state index contributed by atoms with van der Waals surface area (Å²) in [5, 5.41) is 11.7. The van der Waals surface area contributed by atoms with Gasteiger partial charge in [0.05, 0.1) is 10.5 Å². The highest BCUT2D eigenvalue weighted by Gasteiger charge is 2.22. The zero-order valence-corrected chi connectivity index (χ0v) is 18.0. The van der Waals surface area contributed by atoms with E-state index in [0.717, 1.165) is 23.9 Å². The highest BCUT2D eigenvalue weighted by Crippen LogP contribution is 2.26. The number of oxazole rings is 1. The van der Waals surface area contributed by atoms with E-state index in [1.54, 1.807) is 30.5 Å². The molecule has 0 spiro atoms. The number of rotatable bonds is 5. The second-order valence-corrected chi connectivity index (χ2v) is 8.96. The van der Waals surface area contributed by atoms with Gasteiger partial charge in [0.1, 0.15) is 23.0 Å². The van der Waals surface area contributed by atoms with Gasteiger partial charge in [-0.25, -0.2) is 18.4 Å². The number of amides is 1. The minimum absolute atomic E-state index is 0.0677. The summed E-state index contributed by atoms with van der Waals surface area (Å²) in [5.41, 5.74) is 2.64. The number of hydrogen-bond acceptors (Lipinski definition) is 8. The molecule has 0 bridgehead atoms. The summed E-state index contributed by atoms with van der Waals surface area (Å²) in [4.78, 5) is 25.2. The predicted molar refractivity (Wildman–Crippen MR) is 117 cm³/mol. The van der Waals surface area contributed by atoms with E-state index in [4.69, 9.17) is 9.68 Å². The van der Waals surface area contributed by atoms with Gasteiger partial charge < -0.3 is 9.73 Å². The number of nitrogens with one attached hydrogen (secondary N) is 1. The molecular formula is C22H17N5O4S. The number of hydrogen-bond donors (Lipinski definition) is 1. The quantitative estimate of drug-likeness (QED) is 0.491. The van der Waals surface area contributed by atoms with Crippen LogP contribution in [-0.2, 0) is 16.3 Å². The summed E-state index contributed by atoms with van der Waals surface area (Å²) in [6, 6.07) is 12.9. The van der Waals surface area contributed by atoms with E-state index < -0.39 is 15.7 Å². The number of benzene rings is 1. The highest BCUT2D eigenvalue weighted by atomic mass is 32.2. The second-order valence-electron chi connectivity index (χ2n) is 6.97. The molecule has 1 aromatic carbocycles. The lowest BCUT2D eigenvalue weighted by atomic mass is 10.2. The van der Waals surface area contributed by atoms with E-state index in [0.29, 0.717) is 22.7 Å². The zero-order chi connectivity index (χ0) is 22.9. The van der Waals surface area contributed by atoms with Crippen LogP contribution in [0.25, 0.3) is 22.6 Å². The van der Waals surface area contributed by atoms with Gasteiger partial charge in [0.25, 0.3) is 5.91 Å². The first kappa shape index (κ1) is 21.1. The van der Waals surface area contributed by atoms with Gasteiger partial charge in [0.2, 0.25) is 5.89 Å². The fourth-order valence-corrected chi connectivity index (χ4v) is 3.85. The van der Waals surface area contributed by atoms with E-state index >= 15 is 0 Å². The van der Waals surface area contributed by atoms with E-state index in [1.165, 1.54) is 12.1 Å². The highest BCUT2D eigenvalue weighted by molar-refractivity contribution is 7.90. The number of aryl methyl sites for hydroxylation is 1. The molecule has 0 saturated heterocycles. The molecule has 1 amide bonds. The number of pyridine rings is 2. The van der Waals surface area contributed by atoms with Gasteiger partial charge in [-0.2, -0.15) is 5.26 Å². The van der Waals surface area contributed by atoms with Crippen LogP contribution in [0.3, 0.4) is 0 Å². The first-order valence-electron chi connectivity index (χ1n) is 9.57. The first-order valence-corrected chi connectivity index (χ1v) is 11.5. The molecule has 0 unspecified atom stereocenters. The Kier molecular flexibility index (Phi) is 5.42. The van der Waals surface area contributed by atoms with E-state index in [2.05, 4.69) is 20.3 Å². The van der Waals surface area contributed by atoms with Crippen LogP contribution >= 0.6 is 0 Å². The third-order valence-corrected chi connectivity index (χ3v) is 5.80. The monoisotopic (exact) mass is 447 g/mol. The molecule has 10 heteroatoms. The Bertz CT molecular complexity index is 1490. The summed E-state index contributed by atoms with van der Waals surface area (Å²) in [5.74, 6) is -0.369. The maximum absolute atomic E-state index is 12.8. The number of nitriles is 1. The van der Waals surface area contributed by atoms with Crippen molar-refractivity contribution in [2.75, 3.05) is 11.6 Å². The van der Waals surface area contributed by atoms with Crippen LogP contribution in [0.2, 0.25) is 0 Å². The van der Waals surface area contributed by atoms with Crippen LogP contribution in [0, 0.1) is 11.3 Å². The van der Waals surface area contributed by atoms with Crippen molar-refractivity contribution in [3.05, 3.63) is 65.7 Å².